The highest BCUT2D eigenvalue weighted by Gasteiger charge is 2.13. The summed E-state index contributed by atoms with van der Waals surface area (Å²) in [5.74, 6) is 1.12. The van der Waals surface area contributed by atoms with Crippen molar-refractivity contribution in [3.05, 3.63) is 60.5 Å². The fourth-order valence-electron chi connectivity index (χ4n) is 2.92. The fraction of sp³-hybridized carbons (Fsp3) is 0.286. The molecule has 0 spiro atoms. The largest absolute Gasteiger partial charge is 0.484 e. The summed E-state index contributed by atoms with van der Waals surface area (Å²) in [6.07, 6.45) is 0. The lowest BCUT2D eigenvalue weighted by Gasteiger charge is -2.28. The molecule has 0 radical (unpaired) electrons. The average molecular weight is 426 g/mol. The number of aromatic nitrogens is 2. The second-order valence-electron chi connectivity index (χ2n) is 6.55. The van der Waals surface area contributed by atoms with Crippen LogP contribution in [-0.2, 0) is 16.1 Å². The number of ether oxygens (including phenoxy) is 2. The number of benzene rings is 2. The zero-order valence-corrected chi connectivity index (χ0v) is 17.1. The molecule has 3 aromatic rings. The van der Waals surface area contributed by atoms with Gasteiger partial charge >= 0.3 is 0 Å². The zero-order valence-electron chi connectivity index (χ0n) is 16.3. The van der Waals surface area contributed by atoms with Crippen LogP contribution >= 0.6 is 11.8 Å². The molecule has 1 aliphatic heterocycles. The number of thioether (sulfide) groups is 1. The third-order valence-corrected chi connectivity index (χ3v) is 5.23. The third-order valence-electron chi connectivity index (χ3n) is 4.41. The van der Waals surface area contributed by atoms with Crippen molar-refractivity contribution >= 4 is 29.0 Å². The van der Waals surface area contributed by atoms with E-state index in [0.717, 1.165) is 43.4 Å². The molecule has 1 saturated heterocycles. The van der Waals surface area contributed by atoms with Gasteiger partial charge in [-0.25, -0.2) is 0 Å². The van der Waals surface area contributed by atoms with E-state index in [2.05, 4.69) is 20.4 Å². The van der Waals surface area contributed by atoms with Gasteiger partial charge in [0.2, 0.25) is 5.91 Å². The molecule has 1 amide bonds. The molecule has 4 rings (SSSR count). The minimum Gasteiger partial charge on any atom is -0.484 e. The molecule has 8 nitrogen and oxygen atoms in total. The Morgan fingerprint density at radius 2 is 1.83 bits per heavy atom. The smallest absolute Gasteiger partial charge is 0.277 e. The predicted molar refractivity (Wildman–Crippen MR) is 114 cm³/mol. The second-order valence-corrected chi connectivity index (χ2v) is 7.47. The first-order valence-corrected chi connectivity index (χ1v) is 10.6. The molecule has 0 saturated carbocycles. The standard InChI is InChI=1S/C21H22N4O4S/c26-19(22-16-6-8-17(9-7-16)25-10-12-27-13-11-25)15-30-21-24-23-20(29-21)14-28-18-4-2-1-3-5-18/h1-9H,10-15H2,(H,22,26). The molecular weight excluding hydrogens is 404 g/mol. The van der Waals surface area contributed by atoms with Gasteiger partial charge in [-0.3, -0.25) is 4.79 Å². The summed E-state index contributed by atoms with van der Waals surface area (Å²) in [5, 5.41) is 11.1. The van der Waals surface area contributed by atoms with E-state index >= 15 is 0 Å². The van der Waals surface area contributed by atoms with E-state index in [-0.39, 0.29) is 18.3 Å². The quantitative estimate of drug-likeness (QED) is 0.549. The topological polar surface area (TPSA) is 89.7 Å². The van der Waals surface area contributed by atoms with E-state index in [9.17, 15) is 4.79 Å². The SMILES string of the molecule is O=C(CSc1nnc(COc2ccccc2)o1)Nc1ccc(N2CCOCC2)cc1. The minimum atomic E-state index is -0.139. The molecule has 0 aliphatic carbocycles. The van der Waals surface area contributed by atoms with Gasteiger partial charge in [0.05, 0.1) is 19.0 Å². The Hall–Kier alpha value is -3.04. The van der Waals surface area contributed by atoms with Gasteiger partial charge in [0.1, 0.15) is 5.75 Å². The molecule has 1 N–H and O–H groups in total. The second kappa shape index (κ2) is 10.1. The minimum absolute atomic E-state index is 0.139. The normalized spacial score (nSPS) is 13.8. The molecule has 2 heterocycles. The van der Waals surface area contributed by atoms with Crippen molar-refractivity contribution in [2.45, 2.75) is 11.8 Å². The number of nitrogens with zero attached hydrogens (tertiary/aromatic N) is 3. The number of rotatable bonds is 8. The van der Waals surface area contributed by atoms with E-state index < -0.39 is 0 Å². The van der Waals surface area contributed by atoms with Crippen LogP contribution in [0.3, 0.4) is 0 Å². The highest BCUT2D eigenvalue weighted by molar-refractivity contribution is 7.99. The number of carbonyl (C=O) groups excluding carboxylic acids is 1. The van der Waals surface area contributed by atoms with Crippen molar-refractivity contribution in [2.75, 3.05) is 42.3 Å². The van der Waals surface area contributed by atoms with E-state index in [0.29, 0.717) is 11.1 Å². The van der Waals surface area contributed by atoms with Gasteiger partial charge in [-0.05, 0) is 36.4 Å². The maximum atomic E-state index is 12.2. The van der Waals surface area contributed by atoms with Gasteiger partial charge in [-0.1, -0.05) is 30.0 Å². The van der Waals surface area contributed by atoms with Crippen molar-refractivity contribution in [1.82, 2.24) is 10.2 Å². The molecule has 30 heavy (non-hydrogen) atoms. The van der Waals surface area contributed by atoms with Crippen LogP contribution in [0.4, 0.5) is 11.4 Å². The Morgan fingerprint density at radius 3 is 2.60 bits per heavy atom. The van der Waals surface area contributed by atoms with E-state index in [1.807, 2.05) is 54.6 Å². The van der Waals surface area contributed by atoms with Crippen LogP contribution in [0.5, 0.6) is 5.75 Å². The molecule has 0 bridgehead atoms. The summed E-state index contributed by atoms with van der Waals surface area (Å²) >= 11 is 1.19. The van der Waals surface area contributed by atoms with Crippen molar-refractivity contribution in [3.63, 3.8) is 0 Å². The number of nitrogens with one attached hydrogen (secondary N) is 1. The van der Waals surface area contributed by atoms with E-state index in [4.69, 9.17) is 13.9 Å². The molecule has 156 valence electrons. The zero-order chi connectivity index (χ0) is 20.6. The lowest BCUT2D eigenvalue weighted by Crippen LogP contribution is -2.36. The van der Waals surface area contributed by atoms with Crippen LogP contribution in [0.15, 0.2) is 64.2 Å². The number of amides is 1. The maximum Gasteiger partial charge on any atom is 0.277 e. The predicted octanol–water partition coefficient (Wildman–Crippen LogP) is 3.22. The Bertz CT molecular complexity index is 943. The van der Waals surface area contributed by atoms with Crippen molar-refractivity contribution in [1.29, 1.82) is 0 Å². The lowest BCUT2D eigenvalue weighted by molar-refractivity contribution is -0.113. The molecule has 0 atom stereocenters. The van der Waals surface area contributed by atoms with Crippen LogP contribution in [0.1, 0.15) is 5.89 Å². The Morgan fingerprint density at radius 1 is 1.07 bits per heavy atom. The van der Waals surface area contributed by atoms with Gasteiger partial charge in [0.25, 0.3) is 11.1 Å². The molecule has 9 heteroatoms. The number of para-hydroxylation sites is 1. The number of hydrogen-bond donors (Lipinski definition) is 1. The van der Waals surface area contributed by atoms with Gasteiger partial charge < -0.3 is 24.1 Å². The van der Waals surface area contributed by atoms with Gasteiger partial charge in [-0.2, -0.15) is 0 Å². The lowest BCUT2D eigenvalue weighted by atomic mass is 10.2. The fourth-order valence-corrected chi connectivity index (χ4v) is 3.50. The van der Waals surface area contributed by atoms with Crippen molar-refractivity contribution in [3.8, 4) is 5.75 Å². The number of morpholine rings is 1. The van der Waals surface area contributed by atoms with E-state index in [1.165, 1.54) is 11.8 Å². The molecule has 2 aromatic carbocycles. The molecule has 1 fully saturated rings. The van der Waals surface area contributed by atoms with Crippen molar-refractivity contribution in [2.24, 2.45) is 0 Å². The summed E-state index contributed by atoms with van der Waals surface area (Å²) in [5.41, 5.74) is 1.88. The van der Waals surface area contributed by atoms with Gasteiger partial charge in [0, 0.05) is 24.5 Å². The number of hydrogen-bond acceptors (Lipinski definition) is 8. The van der Waals surface area contributed by atoms with Crippen molar-refractivity contribution < 1.29 is 18.7 Å². The number of anilines is 2. The highest BCUT2D eigenvalue weighted by atomic mass is 32.2. The summed E-state index contributed by atoms with van der Waals surface area (Å²) in [6, 6.07) is 17.2. The maximum absolute atomic E-state index is 12.2. The third kappa shape index (κ3) is 5.74. The monoisotopic (exact) mass is 426 g/mol. The summed E-state index contributed by atoms with van der Waals surface area (Å²) in [4.78, 5) is 14.5. The number of carbonyl (C=O) groups is 1. The molecule has 0 unspecified atom stereocenters. The van der Waals surface area contributed by atoms with E-state index in [1.54, 1.807) is 0 Å². The highest BCUT2D eigenvalue weighted by Crippen LogP contribution is 2.21. The summed E-state index contributed by atoms with van der Waals surface area (Å²) < 4.78 is 16.4. The van der Waals surface area contributed by atoms with Crippen LogP contribution in [0.25, 0.3) is 0 Å². The Kier molecular flexibility index (Phi) is 6.83. The molecule has 1 aliphatic rings. The van der Waals surface area contributed by atoms with Crippen LogP contribution < -0.4 is 15.0 Å². The average Bonchev–Trinajstić information content (AvgIpc) is 3.26. The summed E-state index contributed by atoms with van der Waals surface area (Å²) in [6.45, 7) is 3.42. The molecule has 1 aromatic heterocycles. The van der Waals surface area contributed by atoms with Crippen LogP contribution in [-0.4, -0.2) is 48.2 Å². The van der Waals surface area contributed by atoms with Gasteiger partial charge in [0.15, 0.2) is 6.61 Å². The molecular formula is C21H22N4O4S. The Labute approximate surface area is 178 Å². The van der Waals surface area contributed by atoms with Gasteiger partial charge in [-0.15, -0.1) is 10.2 Å². The Balaban J connectivity index is 1.21. The first-order chi connectivity index (χ1) is 14.8. The first kappa shape index (κ1) is 20.2. The van der Waals surface area contributed by atoms with Crippen LogP contribution in [0.2, 0.25) is 0 Å². The first-order valence-electron chi connectivity index (χ1n) is 9.62. The van der Waals surface area contributed by atoms with Crippen LogP contribution in [0, 0.1) is 0 Å². The summed E-state index contributed by atoms with van der Waals surface area (Å²) in [7, 11) is 0.